The molecule has 2 aliphatic rings. The molecule has 0 atom stereocenters. The quantitative estimate of drug-likeness (QED) is 0.164. The topological polar surface area (TPSA) is 95.2 Å². The van der Waals surface area contributed by atoms with Gasteiger partial charge in [-0.05, 0) is 105 Å². The van der Waals surface area contributed by atoms with Gasteiger partial charge in [0.1, 0.15) is 59.2 Å². The lowest BCUT2D eigenvalue weighted by Crippen LogP contribution is -1.98. The standard InChI is InChI=1S/C38H14F6N4/c39-25-5-23(6-26(40)11-25)33(17-47)37-29(19-1-3-21(15-45)35(43)9-19)13-31-32(37)14-30(20-2-4-22(16-46)36(44)10-20)38(31)34(18-48)24-7-27(41)12-28(42)8-24/h1-14H/b37-33-,38-34-. The first-order chi connectivity index (χ1) is 23.1. The number of hydrogen-bond acceptors (Lipinski definition) is 4. The monoisotopic (exact) mass is 640 g/mol. The lowest BCUT2D eigenvalue weighted by Gasteiger charge is -2.15. The van der Waals surface area contributed by atoms with Crippen LogP contribution in [0.4, 0.5) is 26.3 Å². The van der Waals surface area contributed by atoms with E-state index in [1.165, 1.54) is 36.4 Å². The molecule has 0 aromatic heterocycles. The van der Waals surface area contributed by atoms with Crippen molar-refractivity contribution < 1.29 is 26.3 Å². The summed E-state index contributed by atoms with van der Waals surface area (Å²) in [7, 11) is 0. The lowest BCUT2D eigenvalue weighted by molar-refractivity contribution is 0.582. The first-order valence-electron chi connectivity index (χ1n) is 13.9. The summed E-state index contributed by atoms with van der Waals surface area (Å²) >= 11 is 0. The maximum atomic E-state index is 14.9. The van der Waals surface area contributed by atoms with Gasteiger partial charge in [-0.25, -0.2) is 26.3 Å². The third-order valence-corrected chi connectivity index (χ3v) is 7.77. The van der Waals surface area contributed by atoms with Crippen molar-refractivity contribution >= 4 is 22.3 Å². The summed E-state index contributed by atoms with van der Waals surface area (Å²) in [4.78, 5) is 0. The molecule has 0 heterocycles. The van der Waals surface area contributed by atoms with Gasteiger partial charge < -0.3 is 0 Å². The highest BCUT2D eigenvalue weighted by Gasteiger charge is 2.35. The summed E-state index contributed by atoms with van der Waals surface area (Å²) in [5, 5.41) is 39.4. The minimum atomic E-state index is -0.989. The zero-order valence-electron chi connectivity index (χ0n) is 24.1. The second kappa shape index (κ2) is 12.1. The molecule has 228 valence electrons. The fourth-order valence-electron chi connectivity index (χ4n) is 5.76. The fourth-order valence-corrected chi connectivity index (χ4v) is 5.76. The van der Waals surface area contributed by atoms with Crippen LogP contribution in [0.2, 0.25) is 0 Å². The molecule has 2 aliphatic carbocycles. The SMILES string of the molecule is N#C/C(=C1\C(c2ccc(C#N)c(F)c2)=CC2=C1C=C(c1ccc(C#N)c(F)c1)/C2=C(\C#N)c1cc(F)cc(F)c1)c1cc(F)cc(F)c1. The second-order valence-corrected chi connectivity index (χ2v) is 10.6. The first-order valence-corrected chi connectivity index (χ1v) is 13.9. The lowest BCUT2D eigenvalue weighted by atomic mass is 9.87. The summed E-state index contributed by atoms with van der Waals surface area (Å²) in [6.45, 7) is 0. The highest BCUT2D eigenvalue weighted by molar-refractivity contribution is 6.12. The molecule has 0 saturated carbocycles. The van der Waals surface area contributed by atoms with Crippen LogP contribution < -0.4 is 0 Å². The highest BCUT2D eigenvalue weighted by Crippen LogP contribution is 2.53. The predicted molar refractivity (Wildman–Crippen MR) is 163 cm³/mol. The molecule has 0 fully saturated rings. The highest BCUT2D eigenvalue weighted by atomic mass is 19.2. The minimum Gasteiger partial charge on any atom is -0.207 e. The molecule has 0 aliphatic heterocycles. The Morgan fingerprint density at radius 3 is 1.10 bits per heavy atom. The van der Waals surface area contributed by atoms with E-state index in [0.717, 1.165) is 36.4 Å². The van der Waals surface area contributed by atoms with Crippen molar-refractivity contribution in [1.82, 2.24) is 0 Å². The molecule has 0 saturated heterocycles. The number of halogens is 6. The summed E-state index contributed by atoms with van der Waals surface area (Å²) < 4.78 is 87.6. The van der Waals surface area contributed by atoms with E-state index in [0.29, 0.717) is 12.1 Å². The molecular weight excluding hydrogens is 626 g/mol. The zero-order valence-corrected chi connectivity index (χ0v) is 24.1. The van der Waals surface area contributed by atoms with E-state index in [9.17, 15) is 47.4 Å². The number of nitrogens with zero attached hydrogens (tertiary/aromatic N) is 4. The minimum absolute atomic E-state index is 0.0472. The van der Waals surface area contributed by atoms with Crippen LogP contribution in [0.3, 0.4) is 0 Å². The average Bonchev–Trinajstić information content (AvgIpc) is 3.58. The second-order valence-electron chi connectivity index (χ2n) is 10.6. The van der Waals surface area contributed by atoms with Gasteiger partial charge in [0.25, 0.3) is 0 Å². The van der Waals surface area contributed by atoms with E-state index in [1.54, 1.807) is 12.1 Å². The normalized spacial score (nSPS) is 15.5. The van der Waals surface area contributed by atoms with Crippen LogP contribution in [0, 0.1) is 80.2 Å². The van der Waals surface area contributed by atoms with E-state index in [-0.39, 0.29) is 78.0 Å². The molecular formula is C38H14F6N4. The van der Waals surface area contributed by atoms with Crippen LogP contribution in [-0.2, 0) is 0 Å². The fraction of sp³-hybridized carbons (Fsp3) is 0. The number of rotatable bonds is 4. The molecule has 0 spiro atoms. The summed E-state index contributed by atoms with van der Waals surface area (Å²) in [6.07, 6.45) is 2.93. The molecule has 4 nitrogen and oxygen atoms in total. The summed E-state index contributed by atoms with van der Waals surface area (Å²) in [6, 6.07) is 19.5. The van der Waals surface area contributed by atoms with Gasteiger partial charge in [-0.15, -0.1) is 0 Å². The van der Waals surface area contributed by atoms with Gasteiger partial charge >= 0.3 is 0 Å². The van der Waals surface area contributed by atoms with Crippen molar-refractivity contribution in [2.24, 2.45) is 0 Å². The predicted octanol–water partition coefficient (Wildman–Crippen LogP) is 9.01. The summed E-state index contributed by atoms with van der Waals surface area (Å²) in [5.41, 5.74) is -0.334. The van der Waals surface area contributed by atoms with Crippen LogP contribution in [-0.4, -0.2) is 0 Å². The van der Waals surface area contributed by atoms with E-state index in [4.69, 9.17) is 0 Å². The third-order valence-electron chi connectivity index (χ3n) is 7.77. The van der Waals surface area contributed by atoms with Gasteiger partial charge in [-0.1, -0.05) is 12.1 Å². The Labute approximate surface area is 269 Å². The Morgan fingerprint density at radius 2 is 0.812 bits per heavy atom. The maximum absolute atomic E-state index is 14.9. The van der Waals surface area contributed by atoms with Gasteiger partial charge in [0, 0.05) is 23.3 Å². The van der Waals surface area contributed by atoms with E-state index in [2.05, 4.69) is 0 Å². The van der Waals surface area contributed by atoms with Gasteiger partial charge in [0.15, 0.2) is 0 Å². The molecule has 0 unspecified atom stereocenters. The Balaban J connectivity index is 1.74. The van der Waals surface area contributed by atoms with Crippen LogP contribution in [0.1, 0.15) is 33.4 Å². The molecule has 4 aromatic carbocycles. The Bertz CT molecular complexity index is 2240. The molecule has 0 bridgehead atoms. The van der Waals surface area contributed by atoms with Crippen LogP contribution in [0.25, 0.3) is 22.3 Å². The number of nitriles is 4. The first kappa shape index (κ1) is 31.1. The molecule has 0 amide bonds. The van der Waals surface area contributed by atoms with Gasteiger partial charge in [-0.3, -0.25) is 0 Å². The molecule has 48 heavy (non-hydrogen) atoms. The molecule has 4 aromatic rings. The number of allylic oxidation sites excluding steroid dienone is 10. The number of hydrogen-bond donors (Lipinski definition) is 0. The number of benzene rings is 4. The van der Waals surface area contributed by atoms with Crippen molar-refractivity contribution in [3.05, 3.63) is 176 Å². The van der Waals surface area contributed by atoms with Gasteiger partial charge in [-0.2, -0.15) is 21.0 Å². The van der Waals surface area contributed by atoms with Crippen LogP contribution in [0.5, 0.6) is 0 Å². The molecule has 0 radical (unpaired) electrons. The zero-order chi connectivity index (χ0) is 34.3. The van der Waals surface area contributed by atoms with Gasteiger partial charge in [0.05, 0.1) is 22.3 Å². The third kappa shape index (κ3) is 5.35. The van der Waals surface area contributed by atoms with Crippen molar-refractivity contribution in [3.8, 4) is 24.3 Å². The smallest absolute Gasteiger partial charge is 0.141 e. The molecule has 0 N–H and O–H groups in total. The van der Waals surface area contributed by atoms with Crippen molar-refractivity contribution in [2.45, 2.75) is 0 Å². The van der Waals surface area contributed by atoms with Crippen molar-refractivity contribution in [3.63, 3.8) is 0 Å². The summed E-state index contributed by atoms with van der Waals surface area (Å²) in [5.74, 6) is -5.75. The Hall–Kier alpha value is -6.88. The Morgan fingerprint density at radius 1 is 0.458 bits per heavy atom. The average molecular weight is 641 g/mol. The van der Waals surface area contributed by atoms with Crippen molar-refractivity contribution in [1.29, 1.82) is 21.0 Å². The van der Waals surface area contributed by atoms with E-state index >= 15 is 0 Å². The van der Waals surface area contributed by atoms with E-state index in [1.807, 2.05) is 12.1 Å². The molecule has 6 rings (SSSR count). The van der Waals surface area contributed by atoms with Crippen molar-refractivity contribution in [2.75, 3.05) is 0 Å². The van der Waals surface area contributed by atoms with E-state index < -0.39 is 34.9 Å². The van der Waals surface area contributed by atoms with Crippen LogP contribution >= 0.6 is 0 Å². The maximum Gasteiger partial charge on any atom is 0.141 e. The molecule has 10 heteroatoms. The van der Waals surface area contributed by atoms with Gasteiger partial charge in [0.2, 0.25) is 0 Å². The van der Waals surface area contributed by atoms with Crippen LogP contribution in [0.15, 0.2) is 107 Å². The largest absolute Gasteiger partial charge is 0.207 e. The Kier molecular flexibility index (Phi) is 7.87.